The largest absolute Gasteiger partial charge is 0.493 e. The highest BCUT2D eigenvalue weighted by Crippen LogP contribution is 2.25. The first-order chi connectivity index (χ1) is 12.7. The van der Waals surface area contributed by atoms with Gasteiger partial charge in [-0.1, -0.05) is 24.3 Å². The van der Waals surface area contributed by atoms with Crippen LogP contribution in [0.25, 0.3) is 11.1 Å². The van der Waals surface area contributed by atoms with Crippen molar-refractivity contribution in [3.05, 3.63) is 59.1 Å². The molecule has 0 fully saturated rings. The van der Waals surface area contributed by atoms with Gasteiger partial charge >= 0.3 is 5.76 Å². The van der Waals surface area contributed by atoms with Crippen LogP contribution in [-0.2, 0) is 11.3 Å². The minimum absolute atomic E-state index is 0.161. The smallest absolute Gasteiger partial charge is 0.419 e. The van der Waals surface area contributed by atoms with Gasteiger partial charge in [0.2, 0.25) is 5.91 Å². The lowest BCUT2D eigenvalue weighted by atomic mass is 10.3. The van der Waals surface area contributed by atoms with Crippen LogP contribution in [0.2, 0.25) is 0 Å². The SMILES string of the molecule is COc1ccccc1OCCNC(=O)CCn1c(=O)oc2ccccc21. The van der Waals surface area contributed by atoms with Gasteiger partial charge in [0.15, 0.2) is 17.1 Å². The van der Waals surface area contributed by atoms with E-state index in [1.807, 2.05) is 18.2 Å². The number of methoxy groups -OCH3 is 1. The normalized spacial score (nSPS) is 10.7. The van der Waals surface area contributed by atoms with E-state index >= 15 is 0 Å². The minimum atomic E-state index is -0.460. The Morgan fingerprint density at radius 1 is 1.12 bits per heavy atom. The molecule has 26 heavy (non-hydrogen) atoms. The van der Waals surface area contributed by atoms with Gasteiger partial charge in [0.25, 0.3) is 0 Å². The lowest BCUT2D eigenvalue weighted by Gasteiger charge is -2.11. The maximum atomic E-state index is 12.0. The van der Waals surface area contributed by atoms with Gasteiger partial charge in [-0.05, 0) is 24.3 Å². The highest BCUT2D eigenvalue weighted by atomic mass is 16.5. The summed E-state index contributed by atoms with van der Waals surface area (Å²) in [4.78, 5) is 23.8. The lowest BCUT2D eigenvalue weighted by Crippen LogP contribution is -2.29. The molecule has 3 rings (SSSR count). The maximum Gasteiger partial charge on any atom is 0.419 e. The molecule has 0 aliphatic rings. The van der Waals surface area contributed by atoms with E-state index < -0.39 is 5.76 Å². The second-order valence-corrected chi connectivity index (χ2v) is 5.59. The summed E-state index contributed by atoms with van der Waals surface area (Å²) >= 11 is 0. The molecule has 0 bridgehead atoms. The Morgan fingerprint density at radius 2 is 1.85 bits per heavy atom. The van der Waals surface area contributed by atoms with Gasteiger partial charge in [-0.3, -0.25) is 9.36 Å². The molecule has 3 aromatic rings. The number of benzene rings is 2. The average Bonchev–Trinajstić information content (AvgIpc) is 2.99. The molecule has 0 saturated heterocycles. The Labute approximate surface area is 150 Å². The van der Waals surface area contributed by atoms with E-state index in [0.717, 1.165) is 0 Å². The van der Waals surface area contributed by atoms with Crippen LogP contribution in [0, 0.1) is 0 Å². The standard InChI is InChI=1S/C19H20N2O5/c1-24-16-8-4-5-9-17(16)25-13-11-20-18(22)10-12-21-14-6-2-3-7-15(14)26-19(21)23/h2-9H,10-13H2,1H3,(H,20,22). The first-order valence-electron chi connectivity index (χ1n) is 8.30. The number of hydrogen-bond donors (Lipinski definition) is 1. The zero-order valence-corrected chi connectivity index (χ0v) is 14.4. The number of para-hydroxylation sites is 4. The number of rotatable bonds is 8. The molecule has 0 atom stereocenters. The van der Waals surface area contributed by atoms with Crippen molar-refractivity contribution >= 4 is 17.0 Å². The predicted molar refractivity (Wildman–Crippen MR) is 96.6 cm³/mol. The molecule has 0 aliphatic carbocycles. The molecule has 2 aromatic carbocycles. The molecule has 1 aromatic heterocycles. The zero-order chi connectivity index (χ0) is 18.4. The lowest BCUT2D eigenvalue weighted by molar-refractivity contribution is -0.121. The Hall–Kier alpha value is -3.22. The number of oxazole rings is 1. The topological polar surface area (TPSA) is 82.7 Å². The van der Waals surface area contributed by atoms with Crippen LogP contribution in [0.1, 0.15) is 6.42 Å². The highest BCUT2D eigenvalue weighted by molar-refractivity contribution is 5.76. The summed E-state index contributed by atoms with van der Waals surface area (Å²) in [6.07, 6.45) is 0.179. The monoisotopic (exact) mass is 356 g/mol. The van der Waals surface area contributed by atoms with E-state index in [2.05, 4.69) is 5.32 Å². The summed E-state index contributed by atoms with van der Waals surface area (Å²) in [5.74, 6) is 0.648. The maximum absolute atomic E-state index is 12.0. The number of fused-ring (bicyclic) bond motifs is 1. The van der Waals surface area contributed by atoms with Crippen molar-refractivity contribution in [2.24, 2.45) is 0 Å². The average molecular weight is 356 g/mol. The van der Waals surface area contributed by atoms with Gasteiger partial charge in [-0.15, -0.1) is 0 Å². The number of ether oxygens (including phenoxy) is 2. The number of amides is 1. The van der Waals surface area contributed by atoms with E-state index in [1.54, 1.807) is 37.4 Å². The Kier molecular flexibility index (Phi) is 5.58. The molecule has 0 aliphatic heterocycles. The van der Waals surface area contributed by atoms with Gasteiger partial charge in [-0.2, -0.15) is 0 Å². The van der Waals surface area contributed by atoms with E-state index in [-0.39, 0.29) is 18.9 Å². The number of aromatic nitrogens is 1. The van der Waals surface area contributed by atoms with Crippen LogP contribution in [0.15, 0.2) is 57.7 Å². The van der Waals surface area contributed by atoms with Gasteiger partial charge in [0.1, 0.15) is 6.61 Å². The molecule has 1 N–H and O–H groups in total. The van der Waals surface area contributed by atoms with Crippen molar-refractivity contribution < 1.29 is 18.7 Å². The second kappa shape index (κ2) is 8.24. The summed E-state index contributed by atoms with van der Waals surface area (Å²) in [7, 11) is 1.57. The summed E-state index contributed by atoms with van der Waals surface area (Å²) in [6, 6.07) is 14.4. The fraction of sp³-hybridized carbons (Fsp3) is 0.263. The van der Waals surface area contributed by atoms with Crippen molar-refractivity contribution in [2.75, 3.05) is 20.3 Å². The summed E-state index contributed by atoms with van der Waals surface area (Å²) in [6.45, 7) is 0.938. The first-order valence-corrected chi connectivity index (χ1v) is 8.30. The Balaban J connectivity index is 1.46. The molecule has 1 heterocycles. The number of hydrogen-bond acceptors (Lipinski definition) is 5. The zero-order valence-electron chi connectivity index (χ0n) is 14.4. The van der Waals surface area contributed by atoms with Crippen LogP contribution < -0.4 is 20.5 Å². The second-order valence-electron chi connectivity index (χ2n) is 5.59. The number of nitrogens with zero attached hydrogens (tertiary/aromatic N) is 1. The van der Waals surface area contributed by atoms with Gasteiger partial charge < -0.3 is 19.2 Å². The summed E-state index contributed by atoms with van der Waals surface area (Å²) < 4.78 is 17.4. The third-order valence-corrected chi connectivity index (χ3v) is 3.89. The number of nitrogens with one attached hydrogen (secondary N) is 1. The molecule has 1 amide bonds. The van der Waals surface area contributed by atoms with Gasteiger partial charge in [-0.25, -0.2) is 4.79 Å². The fourth-order valence-electron chi connectivity index (χ4n) is 2.62. The molecular formula is C19H20N2O5. The molecule has 0 unspecified atom stereocenters. The molecule has 0 radical (unpaired) electrons. The highest BCUT2D eigenvalue weighted by Gasteiger charge is 2.10. The number of aryl methyl sites for hydroxylation is 1. The molecule has 0 spiro atoms. The molecule has 7 heteroatoms. The van der Waals surface area contributed by atoms with Crippen molar-refractivity contribution in [3.63, 3.8) is 0 Å². The first kappa shape index (κ1) is 17.6. The minimum Gasteiger partial charge on any atom is -0.493 e. The van der Waals surface area contributed by atoms with Crippen LogP contribution in [-0.4, -0.2) is 30.7 Å². The molecular weight excluding hydrogens is 336 g/mol. The van der Waals surface area contributed by atoms with E-state index in [9.17, 15) is 9.59 Å². The molecule has 7 nitrogen and oxygen atoms in total. The van der Waals surface area contributed by atoms with E-state index in [1.165, 1.54) is 4.57 Å². The van der Waals surface area contributed by atoms with E-state index in [0.29, 0.717) is 35.8 Å². The van der Waals surface area contributed by atoms with Crippen molar-refractivity contribution in [2.45, 2.75) is 13.0 Å². The van der Waals surface area contributed by atoms with Gasteiger partial charge in [0.05, 0.1) is 19.2 Å². The molecule has 136 valence electrons. The third-order valence-electron chi connectivity index (χ3n) is 3.89. The van der Waals surface area contributed by atoms with Crippen molar-refractivity contribution in [3.8, 4) is 11.5 Å². The number of carbonyl (C=O) groups excluding carboxylic acids is 1. The third kappa shape index (κ3) is 4.05. The van der Waals surface area contributed by atoms with Crippen LogP contribution in [0.3, 0.4) is 0 Å². The van der Waals surface area contributed by atoms with Crippen molar-refractivity contribution in [1.29, 1.82) is 0 Å². The van der Waals surface area contributed by atoms with Gasteiger partial charge in [0, 0.05) is 13.0 Å². The fourth-order valence-corrected chi connectivity index (χ4v) is 2.62. The Bertz CT molecular complexity index is 944. The van der Waals surface area contributed by atoms with E-state index in [4.69, 9.17) is 13.9 Å². The Morgan fingerprint density at radius 3 is 2.65 bits per heavy atom. The van der Waals surface area contributed by atoms with Crippen LogP contribution in [0.5, 0.6) is 11.5 Å². The molecule has 0 saturated carbocycles. The summed E-state index contributed by atoms with van der Waals surface area (Å²) in [5.41, 5.74) is 1.20. The predicted octanol–water partition coefficient (Wildman–Crippen LogP) is 2.19. The summed E-state index contributed by atoms with van der Waals surface area (Å²) in [5, 5.41) is 2.77. The quantitative estimate of drug-likeness (QED) is 0.626. The van der Waals surface area contributed by atoms with Crippen LogP contribution in [0.4, 0.5) is 0 Å². The number of carbonyl (C=O) groups is 1. The van der Waals surface area contributed by atoms with Crippen molar-refractivity contribution in [1.82, 2.24) is 9.88 Å². The van der Waals surface area contributed by atoms with Crippen LogP contribution >= 0.6 is 0 Å².